The molecule has 7 heavy (non-hydrogen) atoms. The van der Waals surface area contributed by atoms with Crippen LogP contribution in [-0.4, -0.2) is 0 Å². The van der Waals surface area contributed by atoms with Crippen LogP contribution in [0, 0.1) is 11.8 Å². The number of fused-ring (bicyclic) bond motifs is 1. The van der Waals surface area contributed by atoms with Gasteiger partial charge in [-0.2, -0.15) is 0 Å². The molecule has 0 nitrogen and oxygen atoms in total. The molecule has 0 aromatic carbocycles. The van der Waals surface area contributed by atoms with Gasteiger partial charge >= 0.3 is 0 Å². The lowest BCUT2D eigenvalue weighted by Gasteiger charge is -1.87. The van der Waals surface area contributed by atoms with Crippen molar-refractivity contribution in [3.05, 3.63) is 24.3 Å². The van der Waals surface area contributed by atoms with Gasteiger partial charge in [0.25, 0.3) is 0 Å². The van der Waals surface area contributed by atoms with Crippen LogP contribution in [0.4, 0.5) is 0 Å². The van der Waals surface area contributed by atoms with E-state index in [1.807, 2.05) is 0 Å². The summed E-state index contributed by atoms with van der Waals surface area (Å²) in [6, 6.07) is 0. The first kappa shape index (κ1) is 3.48. The molecule has 0 unspecified atom stereocenters. The van der Waals surface area contributed by atoms with E-state index in [1.54, 1.807) is 0 Å². The van der Waals surface area contributed by atoms with Gasteiger partial charge in [0.15, 0.2) is 0 Å². The van der Waals surface area contributed by atoms with Crippen molar-refractivity contribution in [2.45, 2.75) is 6.42 Å². The van der Waals surface area contributed by atoms with Gasteiger partial charge < -0.3 is 0 Å². The van der Waals surface area contributed by atoms with Crippen LogP contribution < -0.4 is 0 Å². The number of rotatable bonds is 0. The second kappa shape index (κ2) is 1.00. The maximum atomic E-state index is 2.30. The Morgan fingerprint density at radius 3 is 2.00 bits per heavy atom. The molecule has 1 fully saturated rings. The zero-order valence-corrected chi connectivity index (χ0v) is 4.17. The van der Waals surface area contributed by atoms with Gasteiger partial charge in [-0.25, -0.2) is 0 Å². The second-order valence-electron chi connectivity index (χ2n) is 2.33. The van der Waals surface area contributed by atoms with Crippen molar-refractivity contribution < 1.29 is 0 Å². The molecule has 0 amide bonds. The van der Waals surface area contributed by atoms with Crippen molar-refractivity contribution in [3.8, 4) is 0 Å². The Morgan fingerprint density at radius 1 is 1.00 bits per heavy atom. The predicted octanol–water partition coefficient (Wildman–Crippen LogP) is 1.75. The van der Waals surface area contributed by atoms with Crippen molar-refractivity contribution in [2.75, 3.05) is 0 Å². The normalized spacial score (nSPS) is 43.4. The fourth-order valence-electron chi connectivity index (χ4n) is 1.09. The van der Waals surface area contributed by atoms with Gasteiger partial charge in [0.05, 0.1) is 0 Å². The first-order valence-corrected chi connectivity index (χ1v) is 2.82. The van der Waals surface area contributed by atoms with E-state index in [2.05, 4.69) is 24.3 Å². The van der Waals surface area contributed by atoms with E-state index in [-0.39, 0.29) is 0 Å². The lowest BCUT2D eigenvalue weighted by molar-refractivity contribution is 0.981. The van der Waals surface area contributed by atoms with E-state index in [0.717, 1.165) is 11.8 Å². The van der Waals surface area contributed by atoms with Crippen molar-refractivity contribution in [2.24, 2.45) is 11.8 Å². The topological polar surface area (TPSA) is 0 Å². The standard InChI is InChI=1S/C7H8/c1-2-4-7-5-6(7)3-1/h1-4,6-7H,5H2/t6-,7+. The summed E-state index contributed by atoms with van der Waals surface area (Å²) in [6.07, 6.45) is 10.3. The van der Waals surface area contributed by atoms with Crippen molar-refractivity contribution in [3.63, 3.8) is 0 Å². The first-order valence-electron chi connectivity index (χ1n) is 2.82. The van der Waals surface area contributed by atoms with Gasteiger partial charge in [-0.05, 0) is 18.3 Å². The van der Waals surface area contributed by atoms with Gasteiger partial charge in [0.2, 0.25) is 0 Å². The van der Waals surface area contributed by atoms with Crippen LogP contribution in [0.15, 0.2) is 24.3 Å². The molecule has 2 aliphatic rings. The summed E-state index contributed by atoms with van der Waals surface area (Å²) in [4.78, 5) is 0. The van der Waals surface area contributed by atoms with E-state index in [9.17, 15) is 0 Å². The quantitative estimate of drug-likeness (QED) is 0.427. The predicted molar refractivity (Wildman–Crippen MR) is 29.9 cm³/mol. The van der Waals surface area contributed by atoms with Crippen molar-refractivity contribution in [1.82, 2.24) is 0 Å². The summed E-state index contributed by atoms with van der Waals surface area (Å²) < 4.78 is 0. The molecule has 0 N–H and O–H groups in total. The van der Waals surface area contributed by atoms with Crippen LogP contribution in [0.25, 0.3) is 0 Å². The molecule has 36 valence electrons. The summed E-state index contributed by atoms with van der Waals surface area (Å²) in [5.41, 5.74) is 0. The number of hydrogen-bond acceptors (Lipinski definition) is 0. The highest BCUT2D eigenvalue weighted by Gasteiger charge is 2.32. The van der Waals surface area contributed by atoms with E-state index >= 15 is 0 Å². The third-order valence-corrected chi connectivity index (χ3v) is 1.72. The minimum absolute atomic E-state index is 0.935. The Labute approximate surface area is 43.5 Å². The summed E-state index contributed by atoms with van der Waals surface area (Å²) >= 11 is 0. The molecular formula is C7H8. The fraction of sp³-hybridized carbons (Fsp3) is 0.429. The number of hydrogen-bond donors (Lipinski definition) is 0. The Balaban J connectivity index is 2.28. The molecule has 0 saturated heterocycles. The SMILES string of the molecule is C1=C[C@@H]2C[C@@H]2C=C1. The molecule has 0 heteroatoms. The van der Waals surface area contributed by atoms with E-state index in [4.69, 9.17) is 0 Å². The molecule has 0 spiro atoms. The van der Waals surface area contributed by atoms with E-state index in [0.29, 0.717) is 0 Å². The van der Waals surface area contributed by atoms with Gasteiger partial charge in [-0.3, -0.25) is 0 Å². The smallest absolute Gasteiger partial charge is 0.0161 e. The highest BCUT2D eigenvalue weighted by atomic mass is 14.4. The van der Waals surface area contributed by atoms with Crippen LogP contribution >= 0.6 is 0 Å². The maximum Gasteiger partial charge on any atom is -0.0161 e. The summed E-state index contributed by atoms with van der Waals surface area (Å²) in [5, 5.41) is 0. The largest absolute Gasteiger partial charge is 0.0808 e. The molecule has 1 saturated carbocycles. The van der Waals surface area contributed by atoms with Crippen LogP contribution in [0.3, 0.4) is 0 Å². The summed E-state index contributed by atoms with van der Waals surface area (Å²) in [6.45, 7) is 0. The molecule has 0 aromatic heterocycles. The zero-order valence-electron chi connectivity index (χ0n) is 4.17. The monoisotopic (exact) mass is 92.1 g/mol. The van der Waals surface area contributed by atoms with Crippen LogP contribution in [-0.2, 0) is 0 Å². The van der Waals surface area contributed by atoms with Crippen LogP contribution in [0.1, 0.15) is 6.42 Å². The van der Waals surface area contributed by atoms with Gasteiger partial charge in [0.1, 0.15) is 0 Å². The van der Waals surface area contributed by atoms with E-state index < -0.39 is 0 Å². The molecule has 2 aliphatic carbocycles. The Hall–Kier alpha value is -0.520. The average molecular weight is 92.1 g/mol. The lowest BCUT2D eigenvalue weighted by atomic mass is 10.2. The molecular weight excluding hydrogens is 84.1 g/mol. The molecule has 0 radical (unpaired) electrons. The van der Waals surface area contributed by atoms with Crippen molar-refractivity contribution >= 4 is 0 Å². The van der Waals surface area contributed by atoms with E-state index in [1.165, 1.54) is 6.42 Å². The molecule has 0 aliphatic heterocycles. The van der Waals surface area contributed by atoms with Crippen LogP contribution in [0.5, 0.6) is 0 Å². The minimum Gasteiger partial charge on any atom is -0.0808 e. The van der Waals surface area contributed by atoms with Gasteiger partial charge in [0, 0.05) is 0 Å². The zero-order chi connectivity index (χ0) is 4.69. The maximum absolute atomic E-state index is 2.30. The third-order valence-electron chi connectivity index (χ3n) is 1.72. The highest BCUT2D eigenvalue weighted by Crippen LogP contribution is 2.42. The van der Waals surface area contributed by atoms with Gasteiger partial charge in [-0.1, -0.05) is 24.3 Å². The Bertz CT molecular complexity index is 115. The van der Waals surface area contributed by atoms with Gasteiger partial charge in [-0.15, -0.1) is 0 Å². The minimum atomic E-state index is 0.935. The number of allylic oxidation sites excluding steroid dienone is 4. The Morgan fingerprint density at radius 2 is 1.57 bits per heavy atom. The van der Waals surface area contributed by atoms with Crippen molar-refractivity contribution in [1.29, 1.82) is 0 Å². The second-order valence-corrected chi connectivity index (χ2v) is 2.33. The highest BCUT2D eigenvalue weighted by molar-refractivity contribution is 5.21. The molecule has 2 atom stereocenters. The molecule has 0 bridgehead atoms. The fourth-order valence-corrected chi connectivity index (χ4v) is 1.09. The lowest BCUT2D eigenvalue weighted by Crippen LogP contribution is -1.74. The summed E-state index contributed by atoms with van der Waals surface area (Å²) in [5.74, 6) is 1.87. The molecule has 0 heterocycles. The third kappa shape index (κ3) is 0.426. The summed E-state index contributed by atoms with van der Waals surface area (Å²) in [7, 11) is 0. The first-order chi connectivity index (χ1) is 3.47. The molecule has 2 rings (SSSR count). The van der Waals surface area contributed by atoms with Crippen LogP contribution in [0.2, 0.25) is 0 Å². The average Bonchev–Trinajstić information content (AvgIpc) is 2.41. The molecule has 0 aromatic rings. The Kier molecular flexibility index (Phi) is 0.498.